The predicted molar refractivity (Wildman–Crippen MR) is 121 cm³/mol. The van der Waals surface area contributed by atoms with Gasteiger partial charge in [0.2, 0.25) is 0 Å². The maximum atomic E-state index is 15.4. The molecule has 1 amide bonds. The maximum absolute atomic E-state index is 15.4. The minimum absolute atomic E-state index is 0.0640. The molecule has 2 aromatic heterocycles. The number of carbonyl (C=O) groups excluding carboxylic acids is 1. The standard InChI is InChI=1S/C22H21ClF2N4O3S/c1-13(6-9-33(2,31)32)28-21(30)17-10-16-18(11-26-17)29(12-27-16)20(22(25)7-8-22)14-4-3-5-15(24)19(14)23/h3-6,9-13,20H,7-8H2,1-2H3,(H,28,30)/b9-6+/t13-,20-/m1/s1. The van der Waals surface area contributed by atoms with E-state index < -0.39 is 39.3 Å². The lowest BCUT2D eigenvalue weighted by molar-refractivity contribution is 0.0942. The fourth-order valence-electron chi connectivity index (χ4n) is 3.65. The smallest absolute Gasteiger partial charge is 0.270 e. The Labute approximate surface area is 194 Å². The van der Waals surface area contributed by atoms with Gasteiger partial charge in [0.25, 0.3) is 5.91 Å². The molecule has 174 valence electrons. The fraction of sp³-hybridized carbons (Fsp3) is 0.318. The van der Waals surface area contributed by atoms with Gasteiger partial charge in [0, 0.05) is 17.7 Å². The summed E-state index contributed by atoms with van der Waals surface area (Å²) in [7, 11) is -3.31. The molecular formula is C22H21ClF2N4O3S. The third kappa shape index (κ3) is 4.91. The number of imidazole rings is 1. The maximum Gasteiger partial charge on any atom is 0.270 e. The van der Waals surface area contributed by atoms with Crippen LogP contribution in [0.15, 0.2) is 48.3 Å². The zero-order valence-electron chi connectivity index (χ0n) is 17.8. The summed E-state index contributed by atoms with van der Waals surface area (Å²) in [6.07, 6.45) is 5.84. The SMILES string of the molecule is C[C@H](/C=C/S(C)(=O)=O)NC(=O)c1cc2ncn([C@H](c3cccc(F)c3Cl)C3(F)CC3)c2cn1. The Balaban J connectivity index is 1.65. The number of nitrogens with one attached hydrogen (secondary N) is 1. The molecule has 33 heavy (non-hydrogen) atoms. The summed E-state index contributed by atoms with van der Waals surface area (Å²) < 4.78 is 53.5. The molecular weight excluding hydrogens is 474 g/mol. The number of halogens is 3. The lowest BCUT2D eigenvalue weighted by Gasteiger charge is -2.24. The Bertz CT molecular complexity index is 1370. The first kappa shape index (κ1) is 23.3. The largest absolute Gasteiger partial charge is 0.345 e. The van der Waals surface area contributed by atoms with Gasteiger partial charge in [-0.1, -0.05) is 29.8 Å². The number of hydrogen-bond donors (Lipinski definition) is 1. The number of pyridine rings is 1. The molecule has 1 aromatic carbocycles. The van der Waals surface area contributed by atoms with Crippen LogP contribution in [0.1, 0.15) is 41.9 Å². The van der Waals surface area contributed by atoms with Crippen molar-refractivity contribution < 1.29 is 22.0 Å². The first-order valence-corrected chi connectivity index (χ1v) is 12.5. The third-order valence-electron chi connectivity index (χ3n) is 5.44. The highest BCUT2D eigenvalue weighted by molar-refractivity contribution is 7.93. The van der Waals surface area contributed by atoms with Gasteiger partial charge in [-0.25, -0.2) is 27.2 Å². The van der Waals surface area contributed by atoms with Gasteiger partial charge in [0.1, 0.15) is 17.2 Å². The number of nitrogens with zero attached hydrogens (tertiary/aromatic N) is 3. The van der Waals surface area contributed by atoms with E-state index in [0.29, 0.717) is 29.4 Å². The minimum Gasteiger partial charge on any atom is -0.345 e. The molecule has 0 radical (unpaired) electrons. The number of alkyl halides is 1. The predicted octanol–water partition coefficient (Wildman–Crippen LogP) is 3.99. The molecule has 11 heteroatoms. The van der Waals surface area contributed by atoms with E-state index in [-0.39, 0.29) is 10.7 Å². The van der Waals surface area contributed by atoms with Crippen molar-refractivity contribution in [2.24, 2.45) is 0 Å². The highest BCUT2D eigenvalue weighted by Crippen LogP contribution is 2.53. The Hall–Kier alpha value is -2.85. The Morgan fingerprint density at radius 1 is 1.33 bits per heavy atom. The number of fused-ring (bicyclic) bond motifs is 1. The summed E-state index contributed by atoms with van der Waals surface area (Å²) in [5, 5.41) is 3.50. The topological polar surface area (TPSA) is 94.0 Å². The molecule has 0 spiro atoms. The van der Waals surface area contributed by atoms with Crippen LogP contribution in [0.3, 0.4) is 0 Å². The van der Waals surface area contributed by atoms with E-state index in [1.807, 2.05) is 0 Å². The number of carbonyl (C=O) groups is 1. The van der Waals surface area contributed by atoms with Crippen molar-refractivity contribution in [2.45, 2.75) is 37.5 Å². The van der Waals surface area contributed by atoms with E-state index in [0.717, 1.165) is 11.7 Å². The average molecular weight is 495 g/mol. The summed E-state index contributed by atoms with van der Waals surface area (Å²) in [6.45, 7) is 1.62. The molecule has 1 aliphatic rings. The Morgan fingerprint density at radius 3 is 2.73 bits per heavy atom. The summed E-state index contributed by atoms with van der Waals surface area (Å²) in [5.74, 6) is -1.16. The van der Waals surface area contributed by atoms with Crippen molar-refractivity contribution in [1.82, 2.24) is 19.9 Å². The van der Waals surface area contributed by atoms with Crippen LogP contribution in [0.4, 0.5) is 8.78 Å². The van der Waals surface area contributed by atoms with Gasteiger partial charge in [-0.15, -0.1) is 0 Å². The molecule has 1 saturated carbocycles. The molecule has 0 unspecified atom stereocenters. The normalized spacial score (nSPS) is 17.2. The van der Waals surface area contributed by atoms with Crippen LogP contribution in [0.5, 0.6) is 0 Å². The molecule has 7 nitrogen and oxygen atoms in total. The molecule has 2 heterocycles. The van der Waals surface area contributed by atoms with Gasteiger partial charge >= 0.3 is 0 Å². The zero-order chi connectivity index (χ0) is 24.0. The van der Waals surface area contributed by atoms with Gasteiger partial charge in [-0.05, 0) is 37.5 Å². The second-order valence-corrected chi connectivity index (χ2v) is 10.5. The van der Waals surface area contributed by atoms with E-state index in [1.54, 1.807) is 17.6 Å². The van der Waals surface area contributed by atoms with E-state index in [1.165, 1.54) is 36.8 Å². The van der Waals surface area contributed by atoms with Crippen molar-refractivity contribution >= 4 is 38.4 Å². The second kappa shape index (κ2) is 8.49. The van der Waals surface area contributed by atoms with Crippen LogP contribution in [-0.4, -0.2) is 46.8 Å². The van der Waals surface area contributed by atoms with Crippen LogP contribution in [0.25, 0.3) is 11.0 Å². The molecule has 0 saturated heterocycles. The molecule has 0 bridgehead atoms. The van der Waals surface area contributed by atoms with Gasteiger partial charge in [0.05, 0.1) is 34.6 Å². The van der Waals surface area contributed by atoms with Crippen molar-refractivity contribution in [3.8, 4) is 0 Å². The van der Waals surface area contributed by atoms with Crippen LogP contribution in [0.2, 0.25) is 5.02 Å². The molecule has 1 N–H and O–H groups in total. The van der Waals surface area contributed by atoms with E-state index >= 15 is 4.39 Å². The number of amides is 1. The molecule has 4 rings (SSSR count). The number of rotatable bonds is 7. The Morgan fingerprint density at radius 2 is 2.06 bits per heavy atom. The van der Waals surface area contributed by atoms with Crippen molar-refractivity contribution in [3.05, 3.63) is 70.4 Å². The molecule has 1 aliphatic carbocycles. The number of benzene rings is 1. The molecule has 3 aromatic rings. The van der Waals surface area contributed by atoms with Crippen LogP contribution in [-0.2, 0) is 9.84 Å². The molecule has 1 fully saturated rings. The van der Waals surface area contributed by atoms with Gasteiger partial charge in [-0.2, -0.15) is 0 Å². The number of sulfone groups is 1. The lowest BCUT2D eigenvalue weighted by atomic mass is 9.99. The molecule has 2 atom stereocenters. The second-order valence-electron chi connectivity index (χ2n) is 8.21. The van der Waals surface area contributed by atoms with E-state index in [4.69, 9.17) is 11.6 Å². The number of hydrogen-bond acceptors (Lipinski definition) is 5. The van der Waals surface area contributed by atoms with Crippen molar-refractivity contribution in [2.75, 3.05) is 6.26 Å². The van der Waals surface area contributed by atoms with Crippen LogP contribution in [0, 0.1) is 5.82 Å². The lowest BCUT2D eigenvalue weighted by Crippen LogP contribution is -2.31. The van der Waals surface area contributed by atoms with E-state index in [2.05, 4.69) is 15.3 Å². The summed E-state index contributed by atoms with van der Waals surface area (Å²) in [5.41, 5.74) is -0.358. The van der Waals surface area contributed by atoms with Crippen molar-refractivity contribution in [1.29, 1.82) is 0 Å². The van der Waals surface area contributed by atoms with Gasteiger partial charge in [-0.3, -0.25) is 4.79 Å². The summed E-state index contributed by atoms with van der Waals surface area (Å²) in [6, 6.07) is 4.29. The highest BCUT2D eigenvalue weighted by Gasteiger charge is 2.53. The van der Waals surface area contributed by atoms with E-state index in [9.17, 15) is 17.6 Å². The first-order chi connectivity index (χ1) is 15.5. The summed E-state index contributed by atoms with van der Waals surface area (Å²) in [4.78, 5) is 21.0. The zero-order valence-corrected chi connectivity index (χ0v) is 19.4. The van der Waals surface area contributed by atoms with Crippen LogP contribution < -0.4 is 5.32 Å². The first-order valence-electron chi connectivity index (χ1n) is 10.1. The Kier molecular flexibility index (Phi) is 6.00. The minimum atomic E-state index is -3.31. The third-order valence-corrected chi connectivity index (χ3v) is 6.49. The van der Waals surface area contributed by atoms with Gasteiger partial charge < -0.3 is 9.88 Å². The summed E-state index contributed by atoms with van der Waals surface area (Å²) >= 11 is 6.17. The van der Waals surface area contributed by atoms with Crippen molar-refractivity contribution in [3.63, 3.8) is 0 Å². The van der Waals surface area contributed by atoms with Crippen LogP contribution >= 0.6 is 11.6 Å². The molecule has 0 aliphatic heterocycles. The quantitative estimate of drug-likeness (QED) is 0.536. The fourth-order valence-corrected chi connectivity index (χ4v) is 4.40. The van der Waals surface area contributed by atoms with Gasteiger partial charge in [0.15, 0.2) is 9.84 Å². The average Bonchev–Trinajstić information content (AvgIpc) is 3.35. The highest BCUT2D eigenvalue weighted by atomic mass is 35.5. The monoisotopic (exact) mass is 494 g/mol. The number of aromatic nitrogens is 3.